The van der Waals surface area contributed by atoms with Crippen LogP contribution in [0.2, 0.25) is 0 Å². The van der Waals surface area contributed by atoms with E-state index in [1.54, 1.807) is 0 Å². The Morgan fingerprint density at radius 2 is 1.45 bits per heavy atom. The molecule has 0 unspecified atom stereocenters. The Balaban J connectivity index is 0.00000480. The second kappa shape index (κ2) is 15.4. The zero-order valence-electron chi connectivity index (χ0n) is 33.7. The van der Waals surface area contributed by atoms with Crippen molar-refractivity contribution in [3.63, 3.8) is 0 Å². The van der Waals surface area contributed by atoms with Crippen LogP contribution in [0.15, 0.2) is 109 Å². The molecule has 284 valence electrons. The molecule has 0 saturated heterocycles. The van der Waals surface area contributed by atoms with Crippen molar-refractivity contribution in [2.75, 3.05) is 0 Å². The Labute approximate surface area is 345 Å². The molecule has 8 rings (SSSR count). The van der Waals surface area contributed by atoms with Gasteiger partial charge in [-0.05, 0) is 97.0 Å². The van der Waals surface area contributed by atoms with Gasteiger partial charge in [-0.15, -0.1) is 41.3 Å². The third-order valence-electron chi connectivity index (χ3n) is 10.4. The van der Waals surface area contributed by atoms with Crippen molar-refractivity contribution in [1.82, 2.24) is 19.3 Å². The number of pyridine rings is 1. The van der Waals surface area contributed by atoms with E-state index in [1.807, 2.05) is 12.3 Å². The number of benzene rings is 5. The SMILES string of the molecule is Cc1cc(C)c(-c2c(C)nn(-c3[c-]c(Oc4[c-]c5c(cc4)c4ccccc4n5-c4cc(CC(C)C)ccn4)cc(C(C)(C)C)c3)c2-c2ccccc2)c(C)c1.[Pt+2]. The van der Waals surface area contributed by atoms with Gasteiger partial charge in [0.1, 0.15) is 5.82 Å². The largest absolute Gasteiger partial charge is 2.00 e. The Bertz CT molecular complexity index is 2690. The second-order valence-electron chi connectivity index (χ2n) is 16.4. The van der Waals surface area contributed by atoms with Gasteiger partial charge >= 0.3 is 21.1 Å². The molecule has 8 aromatic rings. The number of hydrogen-bond acceptors (Lipinski definition) is 3. The fraction of sp³-hybridized carbons (Fsp3) is 0.240. The summed E-state index contributed by atoms with van der Waals surface area (Å²) in [5.74, 6) is 2.63. The molecule has 0 atom stereocenters. The van der Waals surface area contributed by atoms with Gasteiger partial charge in [-0.1, -0.05) is 106 Å². The van der Waals surface area contributed by atoms with Crippen molar-refractivity contribution < 1.29 is 25.8 Å². The van der Waals surface area contributed by atoms with Gasteiger partial charge in [0.25, 0.3) is 0 Å². The molecule has 0 bridgehead atoms. The van der Waals surface area contributed by atoms with Crippen molar-refractivity contribution in [2.24, 2.45) is 5.92 Å². The van der Waals surface area contributed by atoms with E-state index < -0.39 is 0 Å². The van der Waals surface area contributed by atoms with E-state index in [0.29, 0.717) is 17.4 Å². The first-order valence-corrected chi connectivity index (χ1v) is 19.3. The van der Waals surface area contributed by atoms with Gasteiger partial charge in [-0.2, -0.15) is 11.2 Å². The third-order valence-corrected chi connectivity index (χ3v) is 10.4. The van der Waals surface area contributed by atoms with E-state index in [9.17, 15) is 0 Å². The van der Waals surface area contributed by atoms with Crippen LogP contribution in [0, 0.1) is 45.7 Å². The van der Waals surface area contributed by atoms with Crippen molar-refractivity contribution in [3.05, 3.63) is 155 Å². The van der Waals surface area contributed by atoms with Gasteiger partial charge in [0.15, 0.2) is 0 Å². The van der Waals surface area contributed by atoms with Crippen LogP contribution >= 0.6 is 0 Å². The fourth-order valence-corrected chi connectivity index (χ4v) is 8.04. The van der Waals surface area contributed by atoms with Crippen LogP contribution in [0.25, 0.3) is 55.7 Å². The summed E-state index contributed by atoms with van der Waals surface area (Å²) in [5, 5.41) is 7.50. The quantitative estimate of drug-likeness (QED) is 0.143. The maximum absolute atomic E-state index is 6.78. The fourth-order valence-electron chi connectivity index (χ4n) is 8.04. The molecular formula is C50H48N4OPt. The average Bonchev–Trinajstić information content (AvgIpc) is 3.65. The molecule has 5 nitrogen and oxygen atoms in total. The first-order chi connectivity index (χ1) is 26.4. The summed E-state index contributed by atoms with van der Waals surface area (Å²) >= 11 is 0. The number of hydrogen-bond donors (Lipinski definition) is 0. The number of aryl methyl sites for hydroxylation is 4. The summed E-state index contributed by atoms with van der Waals surface area (Å²) in [4.78, 5) is 4.85. The van der Waals surface area contributed by atoms with Crippen molar-refractivity contribution in [3.8, 4) is 45.4 Å². The molecule has 0 aliphatic carbocycles. The Kier molecular flexibility index (Phi) is 10.7. The molecule has 0 saturated carbocycles. The molecule has 0 fully saturated rings. The Morgan fingerprint density at radius 1 is 0.732 bits per heavy atom. The molecule has 5 aromatic carbocycles. The predicted octanol–water partition coefficient (Wildman–Crippen LogP) is 12.8. The van der Waals surface area contributed by atoms with Crippen LogP contribution in [-0.2, 0) is 32.9 Å². The van der Waals surface area contributed by atoms with Gasteiger partial charge in [0.2, 0.25) is 0 Å². The maximum atomic E-state index is 6.78. The van der Waals surface area contributed by atoms with Crippen molar-refractivity contribution in [1.29, 1.82) is 0 Å². The number of nitrogens with zero attached hydrogens (tertiary/aromatic N) is 4. The van der Waals surface area contributed by atoms with Crippen LogP contribution in [0.3, 0.4) is 0 Å². The molecule has 0 amide bonds. The zero-order chi connectivity index (χ0) is 38.6. The Hall–Kier alpha value is -5.25. The molecule has 6 heteroatoms. The monoisotopic (exact) mass is 915 g/mol. The van der Waals surface area contributed by atoms with E-state index >= 15 is 0 Å². The van der Waals surface area contributed by atoms with Crippen LogP contribution in [0.4, 0.5) is 0 Å². The molecule has 0 radical (unpaired) electrons. The summed E-state index contributed by atoms with van der Waals surface area (Å²) < 4.78 is 11.0. The summed E-state index contributed by atoms with van der Waals surface area (Å²) in [6.45, 7) is 19.8. The van der Waals surface area contributed by atoms with Crippen molar-refractivity contribution in [2.45, 2.75) is 74.1 Å². The third kappa shape index (κ3) is 7.38. The average molecular weight is 916 g/mol. The van der Waals surface area contributed by atoms with E-state index in [0.717, 1.165) is 67.8 Å². The summed E-state index contributed by atoms with van der Waals surface area (Å²) in [7, 11) is 0. The van der Waals surface area contributed by atoms with Gasteiger partial charge in [-0.3, -0.25) is 4.68 Å². The molecule has 56 heavy (non-hydrogen) atoms. The molecular weight excluding hydrogens is 868 g/mol. The first-order valence-electron chi connectivity index (χ1n) is 19.3. The van der Waals surface area contributed by atoms with Gasteiger partial charge in [0.05, 0.1) is 11.4 Å². The topological polar surface area (TPSA) is 44.9 Å². The minimum atomic E-state index is -0.170. The number of ether oxygens (including phenoxy) is 1. The number of fused-ring (bicyclic) bond motifs is 3. The summed E-state index contributed by atoms with van der Waals surface area (Å²) in [5.41, 5.74) is 14.2. The van der Waals surface area contributed by atoms with Gasteiger partial charge < -0.3 is 9.30 Å². The number of rotatable bonds is 8. The molecule has 3 aromatic heterocycles. The predicted molar refractivity (Wildman–Crippen MR) is 227 cm³/mol. The standard InChI is InChI=1S/C50H48N4O.Pt/c1-31(2)23-36-21-22-51-46(26-36)53-44-18-14-13-17-42(44)43-20-19-40(30-45(43)53)55-41-28-38(50(7,8)9)27-39(29-41)54-49(37-15-11-10-12-16-37)48(35(6)52-54)47-33(4)24-32(3)25-34(47)5;/h10-22,24-28,31H,23H2,1-9H3;/q-2;+2. The number of aromatic nitrogens is 4. The van der Waals surface area contributed by atoms with Crippen LogP contribution in [-0.4, -0.2) is 19.3 Å². The minimum absolute atomic E-state index is 0. The van der Waals surface area contributed by atoms with Crippen molar-refractivity contribution >= 4 is 21.8 Å². The molecule has 3 heterocycles. The Morgan fingerprint density at radius 3 is 2.16 bits per heavy atom. The number of para-hydroxylation sites is 1. The zero-order valence-corrected chi connectivity index (χ0v) is 36.0. The molecule has 0 aliphatic heterocycles. The maximum Gasteiger partial charge on any atom is 2.00 e. The van der Waals surface area contributed by atoms with E-state index in [2.05, 4.69) is 181 Å². The summed E-state index contributed by atoms with van der Waals surface area (Å²) in [6.07, 6.45) is 2.90. The van der Waals surface area contributed by atoms with Gasteiger partial charge in [0, 0.05) is 34.3 Å². The molecule has 0 spiro atoms. The first kappa shape index (κ1) is 39.0. The van der Waals surface area contributed by atoms with Crippen LogP contribution < -0.4 is 4.74 Å². The van der Waals surface area contributed by atoms with Crippen LogP contribution in [0.5, 0.6) is 11.5 Å². The minimum Gasteiger partial charge on any atom is -0.509 e. The summed E-state index contributed by atoms with van der Waals surface area (Å²) in [6, 6.07) is 43.6. The van der Waals surface area contributed by atoms with E-state index in [-0.39, 0.29) is 26.5 Å². The van der Waals surface area contributed by atoms with E-state index in [4.69, 9.17) is 14.8 Å². The van der Waals surface area contributed by atoms with E-state index in [1.165, 1.54) is 27.8 Å². The molecule has 0 aliphatic rings. The molecule has 0 N–H and O–H groups in total. The smallest absolute Gasteiger partial charge is 0.509 e. The van der Waals surface area contributed by atoms with Gasteiger partial charge in [-0.25, -0.2) is 4.98 Å². The normalized spacial score (nSPS) is 11.8. The second-order valence-corrected chi connectivity index (χ2v) is 16.4. The van der Waals surface area contributed by atoms with Crippen LogP contribution in [0.1, 0.15) is 68.1 Å².